The van der Waals surface area contributed by atoms with E-state index in [0.717, 1.165) is 37.9 Å². The van der Waals surface area contributed by atoms with Gasteiger partial charge in [0.25, 0.3) is 0 Å². The first-order valence-electron chi connectivity index (χ1n) is 7.32. The number of rotatable bonds is 4. The predicted molar refractivity (Wildman–Crippen MR) is 82.8 cm³/mol. The minimum atomic E-state index is -0.253. The molecular weight excluding hydrogens is 272 g/mol. The van der Waals surface area contributed by atoms with Crippen LogP contribution < -0.4 is 10.6 Å². The van der Waals surface area contributed by atoms with Gasteiger partial charge in [-0.2, -0.15) is 0 Å². The summed E-state index contributed by atoms with van der Waals surface area (Å²) < 4.78 is 0. The van der Waals surface area contributed by atoms with E-state index in [1.54, 1.807) is 0 Å². The van der Waals surface area contributed by atoms with Gasteiger partial charge in [0.1, 0.15) is 0 Å². The number of carbonyl (C=O) groups excluding carboxylic acids is 1. The predicted octanol–water partition coefficient (Wildman–Crippen LogP) is 3.30. The van der Waals surface area contributed by atoms with E-state index in [1.165, 1.54) is 0 Å². The number of benzene rings is 1. The van der Waals surface area contributed by atoms with Gasteiger partial charge in [0, 0.05) is 10.4 Å². The smallest absolute Gasteiger partial charge is 0.226 e. The van der Waals surface area contributed by atoms with E-state index in [4.69, 9.17) is 11.6 Å². The van der Waals surface area contributed by atoms with Crippen molar-refractivity contribution >= 4 is 17.5 Å². The van der Waals surface area contributed by atoms with Crippen molar-refractivity contribution in [1.82, 2.24) is 10.6 Å². The molecule has 4 heteroatoms. The second-order valence-electron chi connectivity index (χ2n) is 5.80. The first kappa shape index (κ1) is 15.3. The SMILES string of the molecule is CCC(NC(=O)C1(C)CCNCC1)c1cccc(Cl)c1. The lowest BCUT2D eigenvalue weighted by molar-refractivity contribution is -0.132. The Morgan fingerprint density at radius 3 is 2.75 bits per heavy atom. The van der Waals surface area contributed by atoms with Gasteiger partial charge in [-0.05, 0) is 50.0 Å². The molecule has 20 heavy (non-hydrogen) atoms. The molecule has 0 aromatic heterocycles. The highest BCUT2D eigenvalue weighted by Crippen LogP contribution is 2.30. The molecule has 3 nitrogen and oxygen atoms in total. The van der Waals surface area contributed by atoms with Crippen LogP contribution in [0.1, 0.15) is 44.7 Å². The lowest BCUT2D eigenvalue weighted by Gasteiger charge is -2.34. The zero-order valence-electron chi connectivity index (χ0n) is 12.2. The normalized spacial score (nSPS) is 19.4. The lowest BCUT2D eigenvalue weighted by Crippen LogP contribution is -2.46. The maximum absolute atomic E-state index is 12.6. The number of amides is 1. The first-order chi connectivity index (χ1) is 9.55. The Balaban J connectivity index is 2.08. The fourth-order valence-corrected chi connectivity index (χ4v) is 2.88. The Bertz CT molecular complexity index is 469. The van der Waals surface area contributed by atoms with E-state index in [-0.39, 0.29) is 17.4 Å². The molecule has 1 fully saturated rings. The molecule has 1 unspecified atom stereocenters. The van der Waals surface area contributed by atoms with Crippen LogP contribution >= 0.6 is 11.6 Å². The van der Waals surface area contributed by atoms with Gasteiger partial charge in [-0.1, -0.05) is 37.6 Å². The molecule has 1 atom stereocenters. The minimum absolute atomic E-state index is 0.0351. The van der Waals surface area contributed by atoms with Crippen LogP contribution in [0.15, 0.2) is 24.3 Å². The summed E-state index contributed by atoms with van der Waals surface area (Å²) in [4.78, 5) is 12.6. The van der Waals surface area contributed by atoms with Crippen LogP contribution in [-0.4, -0.2) is 19.0 Å². The summed E-state index contributed by atoms with van der Waals surface area (Å²) in [5.74, 6) is 0.158. The average Bonchev–Trinajstić information content (AvgIpc) is 2.45. The van der Waals surface area contributed by atoms with Crippen molar-refractivity contribution in [3.8, 4) is 0 Å². The van der Waals surface area contributed by atoms with Crippen LogP contribution in [0.5, 0.6) is 0 Å². The summed E-state index contributed by atoms with van der Waals surface area (Å²) in [7, 11) is 0. The minimum Gasteiger partial charge on any atom is -0.349 e. The molecule has 0 aliphatic carbocycles. The van der Waals surface area contributed by atoms with Crippen LogP contribution in [-0.2, 0) is 4.79 Å². The highest BCUT2D eigenvalue weighted by Gasteiger charge is 2.35. The lowest BCUT2D eigenvalue weighted by atomic mass is 9.80. The number of hydrogen-bond donors (Lipinski definition) is 2. The number of piperidine rings is 1. The maximum Gasteiger partial charge on any atom is 0.226 e. The van der Waals surface area contributed by atoms with Gasteiger partial charge < -0.3 is 10.6 Å². The summed E-state index contributed by atoms with van der Waals surface area (Å²) in [6.07, 6.45) is 2.65. The fourth-order valence-electron chi connectivity index (χ4n) is 2.68. The maximum atomic E-state index is 12.6. The quantitative estimate of drug-likeness (QED) is 0.894. The fraction of sp³-hybridized carbons (Fsp3) is 0.562. The zero-order valence-corrected chi connectivity index (χ0v) is 13.0. The molecule has 110 valence electrons. The van der Waals surface area contributed by atoms with Gasteiger partial charge >= 0.3 is 0 Å². The van der Waals surface area contributed by atoms with E-state index in [1.807, 2.05) is 24.3 Å². The number of nitrogens with one attached hydrogen (secondary N) is 2. The molecule has 0 saturated carbocycles. The molecule has 1 heterocycles. The van der Waals surface area contributed by atoms with Crippen molar-refractivity contribution in [1.29, 1.82) is 0 Å². The van der Waals surface area contributed by atoms with Gasteiger partial charge in [0.15, 0.2) is 0 Å². The van der Waals surface area contributed by atoms with E-state index in [2.05, 4.69) is 24.5 Å². The summed E-state index contributed by atoms with van der Waals surface area (Å²) in [5.41, 5.74) is 0.822. The average molecular weight is 295 g/mol. The third-order valence-corrected chi connectivity index (χ3v) is 4.45. The topological polar surface area (TPSA) is 41.1 Å². The van der Waals surface area contributed by atoms with Gasteiger partial charge in [-0.15, -0.1) is 0 Å². The van der Waals surface area contributed by atoms with Gasteiger partial charge in [0.2, 0.25) is 5.91 Å². The monoisotopic (exact) mass is 294 g/mol. The Morgan fingerprint density at radius 2 is 2.15 bits per heavy atom. The summed E-state index contributed by atoms with van der Waals surface area (Å²) in [6, 6.07) is 7.77. The molecule has 2 N–H and O–H groups in total. The van der Waals surface area contributed by atoms with E-state index >= 15 is 0 Å². The molecule has 1 aliphatic rings. The highest BCUT2D eigenvalue weighted by atomic mass is 35.5. The van der Waals surface area contributed by atoms with Crippen molar-refractivity contribution in [3.63, 3.8) is 0 Å². The molecule has 1 amide bonds. The van der Waals surface area contributed by atoms with E-state index in [9.17, 15) is 4.79 Å². The third-order valence-electron chi connectivity index (χ3n) is 4.22. The molecule has 1 aromatic rings. The van der Waals surface area contributed by atoms with Crippen molar-refractivity contribution in [2.24, 2.45) is 5.41 Å². The van der Waals surface area contributed by atoms with E-state index in [0.29, 0.717) is 5.02 Å². The molecule has 0 radical (unpaired) electrons. The Labute approximate surface area is 126 Å². The molecule has 1 aliphatic heterocycles. The summed E-state index contributed by atoms with van der Waals surface area (Å²) >= 11 is 6.04. The second kappa shape index (κ2) is 6.59. The largest absolute Gasteiger partial charge is 0.349 e. The Hall–Kier alpha value is -1.06. The summed E-state index contributed by atoms with van der Waals surface area (Å²) in [5, 5.41) is 7.21. The van der Waals surface area contributed by atoms with Gasteiger partial charge in [0.05, 0.1) is 6.04 Å². The van der Waals surface area contributed by atoms with Crippen LogP contribution in [0.2, 0.25) is 5.02 Å². The molecule has 2 rings (SSSR count). The third kappa shape index (κ3) is 3.53. The Morgan fingerprint density at radius 1 is 1.45 bits per heavy atom. The molecule has 0 bridgehead atoms. The molecule has 1 aromatic carbocycles. The Kier molecular flexibility index (Phi) is 5.06. The molecule has 1 saturated heterocycles. The second-order valence-corrected chi connectivity index (χ2v) is 6.24. The van der Waals surface area contributed by atoms with Crippen molar-refractivity contribution in [2.45, 2.75) is 39.2 Å². The number of halogens is 1. The zero-order chi connectivity index (χ0) is 14.6. The van der Waals surface area contributed by atoms with Crippen LogP contribution in [0.4, 0.5) is 0 Å². The standard InChI is InChI=1S/C16H23ClN2O/c1-3-14(12-5-4-6-13(17)11-12)19-15(20)16(2)7-9-18-10-8-16/h4-6,11,14,18H,3,7-10H2,1-2H3,(H,19,20). The van der Waals surface area contributed by atoms with Crippen LogP contribution in [0.25, 0.3) is 0 Å². The number of carbonyl (C=O) groups is 1. The van der Waals surface area contributed by atoms with E-state index < -0.39 is 0 Å². The van der Waals surface area contributed by atoms with Crippen molar-refractivity contribution in [2.75, 3.05) is 13.1 Å². The van der Waals surface area contributed by atoms with Gasteiger partial charge in [-0.25, -0.2) is 0 Å². The molecular formula is C16H23ClN2O. The van der Waals surface area contributed by atoms with Gasteiger partial charge in [-0.3, -0.25) is 4.79 Å². The summed E-state index contributed by atoms with van der Waals surface area (Å²) in [6.45, 7) is 5.97. The van der Waals surface area contributed by atoms with Crippen LogP contribution in [0, 0.1) is 5.41 Å². The highest BCUT2D eigenvalue weighted by molar-refractivity contribution is 6.30. The first-order valence-corrected chi connectivity index (χ1v) is 7.70. The number of hydrogen-bond acceptors (Lipinski definition) is 2. The van der Waals surface area contributed by atoms with Crippen molar-refractivity contribution < 1.29 is 4.79 Å². The van der Waals surface area contributed by atoms with Crippen LogP contribution in [0.3, 0.4) is 0 Å². The van der Waals surface area contributed by atoms with Crippen molar-refractivity contribution in [3.05, 3.63) is 34.9 Å². The molecule has 0 spiro atoms.